The third-order valence-corrected chi connectivity index (χ3v) is 5.95. The highest BCUT2D eigenvalue weighted by atomic mass is 16.5. The third-order valence-electron chi connectivity index (χ3n) is 5.95. The van der Waals surface area contributed by atoms with Crippen molar-refractivity contribution in [1.82, 2.24) is 4.98 Å². The molecule has 2 aliphatic rings. The van der Waals surface area contributed by atoms with Gasteiger partial charge >= 0.3 is 0 Å². The summed E-state index contributed by atoms with van der Waals surface area (Å²) < 4.78 is 12.2. The normalized spacial score (nSPS) is 21.8. The predicted octanol–water partition coefficient (Wildman–Crippen LogP) is 5.40. The maximum absolute atomic E-state index is 6.12. The molecule has 3 nitrogen and oxygen atoms in total. The number of aryl methyl sites for hydroxylation is 2. The van der Waals surface area contributed by atoms with Crippen molar-refractivity contribution >= 4 is 21.9 Å². The van der Waals surface area contributed by atoms with Crippen LogP contribution in [0.15, 0.2) is 16.5 Å². The number of ether oxygens (including phenoxy) is 1. The second-order valence-corrected chi connectivity index (χ2v) is 8.12. The van der Waals surface area contributed by atoms with E-state index in [2.05, 4.69) is 32.9 Å². The van der Waals surface area contributed by atoms with Crippen molar-refractivity contribution in [1.29, 1.82) is 0 Å². The Balaban J connectivity index is 2.00. The summed E-state index contributed by atoms with van der Waals surface area (Å²) in [5.41, 5.74) is 6.32. The molecular weight excluding hydrogens is 299 g/mol. The molecule has 1 atom stereocenters. The lowest BCUT2D eigenvalue weighted by molar-refractivity contribution is 0.340. The van der Waals surface area contributed by atoms with Gasteiger partial charge in [0.25, 0.3) is 0 Å². The topological polar surface area (TPSA) is 35.3 Å². The first-order chi connectivity index (χ1) is 11.5. The maximum atomic E-state index is 6.12. The molecule has 1 aliphatic heterocycles. The first-order valence-electron chi connectivity index (χ1n) is 8.99. The number of hydrogen-bond donors (Lipinski definition) is 0. The van der Waals surface area contributed by atoms with E-state index >= 15 is 0 Å². The number of rotatable bonds is 0. The molecular formula is C21H23NO2. The molecule has 124 valence electrons. The van der Waals surface area contributed by atoms with Gasteiger partial charge in [-0.2, -0.15) is 0 Å². The zero-order chi connectivity index (χ0) is 16.6. The Hall–Kier alpha value is -2.03. The van der Waals surface area contributed by atoms with Gasteiger partial charge in [0.15, 0.2) is 11.5 Å². The molecule has 0 saturated heterocycles. The Morgan fingerprint density at radius 3 is 2.92 bits per heavy atom. The maximum Gasteiger partial charge on any atom is 0.192 e. The van der Waals surface area contributed by atoms with E-state index < -0.39 is 0 Å². The summed E-state index contributed by atoms with van der Waals surface area (Å²) in [6.45, 7) is 9.59. The molecule has 1 aliphatic carbocycles. The van der Waals surface area contributed by atoms with Gasteiger partial charge in [0, 0.05) is 29.2 Å². The summed E-state index contributed by atoms with van der Waals surface area (Å²) in [7, 11) is 0. The van der Waals surface area contributed by atoms with Gasteiger partial charge in [0.1, 0.15) is 11.3 Å². The average Bonchev–Trinajstić information content (AvgIpc) is 3.09. The van der Waals surface area contributed by atoms with E-state index in [4.69, 9.17) is 14.1 Å². The molecule has 0 N–H and O–H groups in total. The Morgan fingerprint density at radius 2 is 2.08 bits per heavy atom. The molecule has 0 radical (unpaired) electrons. The quantitative estimate of drug-likeness (QED) is 0.556. The van der Waals surface area contributed by atoms with Crippen LogP contribution in [-0.2, 0) is 11.8 Å². The second kappa shape index (κ2) is 4.53. The standard InChI is InChI=1S/C21H23NO2/c1-11-10-23-19-14-7-8-15-13(6-5-9-21(15,3)4)17(14)20-18(16(11)19)22-12(2)24-20/h7-8,11H,5-6,9-10H2,1-4H3/i22+1. The fourth-order valence-electron chi connectivity index (χ4n) is 4.77. The van der Waals surface area contributed by atoms with Gasteiger partial charge in [0.2, 0.25) is 0 Å². The molecule has 3 heteroatoms. The molecule has 5 rings (SSSR count). The summed E-state index contributed by atoms with van der Waals surface area (Å²) >= 11 is 0. The minimum Gasteiger partial charge on any atom is -0.492 e. The summed E-state index contributed by atoms with van der Waals surface area (Å²) in [6, 6.07) is 4.56. The number of oxazole rings is 1. The number of benzene rings is 2. The average molecular weight is 322 g/mol. The smallest absolute Gasteiger partial charge is 0.192 e. The molecule has 3 aromatic rings. The highest BCUT2D eigenvalue weighted by Crippen LogP contribution is 2.49. The van der Waals surface area contributed by atoms with Crippen molar-refractivity contribution in [2.75, 3.05) is 6.61 Å². The van der Waals surface area contributed by atoms with Gasteiger partial charge in [-0.15, -0.1) is 0 Å². The lowest BCUT2D eigenvalue weighted by Gasteiger charge is -2.33. The van der Waals surface area contributed by atoms with Gasteiger partial charge in [-0.1, -0.05) is 32.9 Å². The van der Waals surface area contributed by atoms with Crippen LogP contribution in [0, 0.1) is 6.92 Å². The van der Waals surface area contributed by atoms with Gasteiger partial charge in [-0.25, -0.2) is 4.98 Å². The van der Waals surface area contributed by atoms with E-state index in [1.807, 2.05) is 6.92 Å². The Labute approximate surface area is 142 Å². The van der Waals surface area contributed by atoms with E-state index in [0.717, 1.165) is 35.8 Å². The van der Waals surface area contributed by atoms with Crippen LogP contribution < -0.4 is 4.74 Å². The minimum atomic E-state index is 0.219. The van der Waals surface area contributed by atoms with E-state index in [1.165, 1.54) is 40.3 Å². The zero-order valence-corrected chi connectivity index (χ0v) is 14.8. The summed E-state index contributed by atoms with van der Waals surface area (Å²) in [4.78, 5) is 4.72. The third kappa shape index (κ3) is 1.70. The summed E-state index contributed by atoms with van der Waals surface area (Å²) in [6.07, 6.45) is 3.57. The van der Waals surface area contributed by atoms with Crippen molar-refractivity contribution in [2.45, 2.75) is 58.3 Å². The van der Waals surface area contributed by atoms with Crippen molar-refractivity contribution in [3.8, 4) is 5.75 Å². The summed E-state index contributed by atoms with van der Waals surface area (Å²) in [5, 5.41) is 2.44. The fourth-order valence-corrected chi connectivity index (χ4v) is 4.77. The molecule has 1 aromatic heterocycles. The van der Waals surface area contributed by atoms with E-state index in [1.54, 1.807) is 0 Å². The minimum absolute atomic E-state index is 0.219. The molecule has 0 spiro atoms. The Bertz CT molecular complexity index is 996. The molecule has 0 saturated carbocycles. The summed E-state index contributed by atoms with van der Waals surface area (Å²) in [5.74, 6) is 2.14. The van der Waals surface area contributed by atoms with Crippen LogP contribution in [0.25, 0.3) is 21.9 Å². The molecule has 2 aromatic carbocycles. The van der Waals surface area contributed by atoms with Crippen molar-refractivity contribution in [2.24, 2.45) is 0 Å². The predicted molar refractivity (Wildman–Crippen MR) is 96.1 cm³/mol. The number of fused-ring (bicyclic) bond motifs is 8. The van der Waals surface area contributed by atoms with Crippen LogP contribution in [-0.4, -0.2) is 11.6 Å². The van der Waals surface area contributed by atoms with Crippen molar-refractivity contribution in [3.63, 3.8) is 0 Å². The fraction of sp³-hybridized carbons (Fsp3) is 0.476. The van der Waals surface area contributed by atoms with Crippen molar-refractivity contribution < 1.29 is 9.15 Å². The number of nitrogens with zero attached hydrogens (tertiary/aromatic N) is 1. The van der Waals surface area contributed by atoms with Crippen LogP contribution in [0.4, 0.5) is 0 Å². The van der Waals surface area contributed by atoms with Crippen LogP contribution in [0.5, 0.6) is 5.75 Å². The van der Waals surface area contributed by atoms with E-state index in [9.17, 15) is 0 Å². The largest absolute Gasteiger partial charge is 0.492 e. The van der Waals surface area contributed by atoms with Crippen molar-refractivity contribution in [3.05, 3.63) is 34.7 Å². The van der Waals surface area contributed by atoms with Gasteiger partial charge in [0.05, 0.1) is 6.61 Å². The molecule has 24 heavy (non-hydrogen) atoms. The SMILES string of the molecule is Cc1[15n]c2c3c(c4ccc5c(c4c2o1)CCCC5(C)C)OCC3C. The molecule has 2 heterocycles. The lowest BCUT2D eigenvalue weighted by atomic mass is 9.71. The highest BCUT2D eigenvalue weighted by molar-refractivity contribution is 6.11. The number of aromatic nitrogens is 1. The van der Waals surface area contributed by atoms with E-state index in [-0.39, 0.29) is 5.41 Å². The van der Waals surface area contributed by atoms with Gasteiger partial charge < -0.3 is 9.15 Å². The Kier molecular flexibility index (Phi) is 2.70. The highest BCUT2D eigenvalue weighted by Gasteiger charge is 2.33. The van der Waals surface area contributed by atoms with E-state index in [0.29, 0.717) is 5.92 Å². The number of hydrogen-bond acceptors (Lipinski definition) is 3. The first-order valence-corrected chi connectivity index (χ1v) is 8.99. The Morgan fingerprint density at radius 1 is 1.25 bits per heavy atom. The van der Waals surface area contributed by atoms with Crippen LogP contribution in [0.3, 0.4) is 0 Å². The molecule has 0 bridgehead atoms. The van der Waals surface area contributed by atoms with Crippen LogP contribution in [0.2, 0.25) is 0 Å². The zero-order valence-electron chi connectivity index (χ0n) is 14.8. The lowest BCUT2D eigenvalue weighted by Crippen LogP contribution is -2.23. The monoisotopic (exact) mass is 322 g/mol. The van der Waals surface area contributed by atoms with Gasteiger partial charge in [-0.3, -0.25) is 0 Å². The van der Waals surface area contributed by atoms with Gasteiger partial charge in [-0.05, 0) is 35.8 Å². The first kappa shape index (κ1) is 14.3. The molecule has 1 unspecified atom stereocenters. The van der Waals surface area contributed by atoms with Crippen LogP contribution in [0.1, 0.15) is 62.1 Å². The van der Waals surface area contributed by atoms with Crippen LogP contribution >= 0.6 is 0 Å². The molecule has 0 amide bonds. The molecule has 0 fully saturated rings. The second-order valence-electron chi connectivity index (χ2n) is 8.12.